The molecule has 1 aromatic heterocycles. The maximum absolute atomic E-state index is 4.91. The third kappa shape index (κ3) is 1.07. The van der Waals surface area contributed by atoms with Crippen LogP contribution in [0.4, 0.5) is 0 Å². The summed E-state index contributed by atoms with van der Waals surface area (Å²) >= 11 is 2.38. The second-order valence-electron chi connectivity index (χ2n) is 1.12. The van der Waals surface area contributed by atoms with Crippen molar-refractivity contribution in [3.8, 4) is 0 Å². The second-order valence-corrected chi connectivity index (χ2v) is 1.62. The maximum atomic E-state index is 4.91. The molecule has 0 saturated carbocycles. The van der Waals surface area contributed by atoms with Crippen molar-refractivity contribution in [3.05, 3.63) is 24.2 Å². The van der Waals surface area contributed by atoms with Gasteiger partial charge in [-0.05, 0) is 0 Å². The van der Waals surface area contributed by atoms with Gasteiger partial charge in [-0.15, -0.1) is 0 Å². The zero-order chi connectivity index (χ0) is 5.11. The van der Waals surface area contributed by atoms with Gasteiger partial charge in [0.25, 0.3) is 0 Å². The molecule has 0 aliphatic heterocycles. The predicted molar refractivity (Wildman–Crippen MR) is 23.9 cm³/mol. The molecule has 0 spiro atoms. The van der Waals surface area contributed by atoms with E-state index in [1.165, 1.54) is 0 Å². The monoisotopic (exact) mass is 182 g/mol. The predicted octanol–water partition coefficient (Wildman–Crippen LogP) is 0.977. The van der Waals surface area contributed by atoms with Gasteiger partial charge in [0, 0.05) is 0 Å². The van der Waals surface area contributed by atoms with Crippen LogP contribution in [0, 0.1) is 0 Å². The molecule has 0 atom stereocenters. The van der Waals surface area contributed by atoms with E-state index in [9.17, 15) is 0 Å². The molecular formula is C5H4ORu. The van der Waals surface area contributed by atoms with Gasteiger partial charge in [-0.1, -0.05) is 0 Å². The molecule has 0 aliphatic rings. The normalized spacial score (nSPS) is 8.71. The van der Waals surface area contributed by atoms with Crippen molar-refractivity contribution in [1.82, 2.24) is 0 Å². The fourth-order valence-corrected chi connectivity index (χ4v) is 0.635. The van der Waals surface area contributed by atoms with Crippen molar-refractivity contribution < 1.29 is 22.3 Å². The van der Waals surface area contributed by atoms with Gasteiger partial charge in [0.1, 0.15) is 0 Å². The first-order valence-electron chi connectivity index (χ1n) is 1.89. The third-order valence-corrected chi connectivity index (χ3v) is 1.14. The van der Waals surface area contributed by atoms with Gasteiger partial charge in [0.05, 0.1) is 0 Å². The average molecular weight is 181 g/mol. The van der Waals surface area contributed by atoms with Crippen molar-refractivity contribution in [2.45, 2.75) is 0 Å². The van der Waals surface area contributed by atoms with E-state index >= 15 is 0 Å². The van der Waals surface area contributed by atoms with Crippen LogP contribution in [0.3, 0.4) is 0 Å². The molecule has 0 bridgehead atoms. The van der Waals surface area contributed by atoms with Gasteiger partial charge < -0.3 is 0 Å². The zero-order valence-electron chi connectivity index (χ0n) is 3.57. The standard InChI is InChI=1S/C5H4O.Ru/c1-5-3-2-4-6-5;/h1-4H;. The Bertz CT molecular complexity index is 143. The molecule has 1 nitrogen and oxygen atoms in total. The van der Waals surface area contributed by atoms with E-state index in [0.29, 0.717) is 0 Å². The quantitative estimate of drug-likeness (QED) is 0.588. The summed E-state index contributed by atoms with van der Waals surface area (Å²) in [4.78, 5) is 0. The molecule has 1 aromatic rings. The molecule has 0 unspecified atom stereocenters. The van der Waals surface area contributed by atoms with Gasteiger partial charge in [-0.3, -0.25) is 0 Å². The summed E-state index contributed by atoms with van der Waals surface area (Å²) in [5.41, 5.74) is 0. The Labute approximate surface area is 51.5 Å². The van der Waals surface area contributed by atoms with Crippen LogP contribution in [0.25, 0.3) is 0 Å². The fourth-order valence-electron chi connectivity index (χ4n) is 0.349. The van der Waals surface area contributed by atoms with Crippen molar-refractivity contribution in [2.75, 3.05) is 0 Å². The third-order valence-electron chi connectivity index (χ3n) is 0.644. The Morgan fingerprint density at radius 2 is 2.57 bits per heavy atom. The Balaban J connectivity index is 2.96. The minimum absolute atomic E-state index is 0.899. The minimum atomic E-state index is 0.899. The van der Waals surface area contributed by atoms with E-state index in [1.54, 1.807) is 6.26 Å². The van der Waals surface area contributed by atoms with Crippen LogP contribution in [-0.2, 0) is 17.9 Å². The molecule has 0 aromatic carbocycles. The molecule has 0 amide bonds. The van der Waals surface area contributed by atoms with Gasteiger partial charge >= 0.3 is 51.0 Å². The molecular weight excluding hydrogens is 177 g/mol. The van der Waals surface area contributed by atoms with Crippen LogP contribution < -0.4 is 0 Å². The van der Waals surface area contributed by atoms with Crippen LogP contribution in [0.2, 0.25) is 0 Å². The van der Waals surface area contributed by atoms with Gasteiger partial charge in [0.2, 0.25) is 0 Å². The van der Waals surface area contributed by atoms with Gasteiger partial charge in [-0.25, -0.2) is 0 Å². The van der Waals surface area contributed by atoms with Gasteiger partial charge in [-0.2, -0.15) is 0 Å². The van der Waals surface area contributed by atoms with E-state index in [4.69, 9.17) is 4.42 Å². The Morgan fingerprint density at radius 1 is 1.71 bits per heavy atom. The zero-order valence-corrected chi connectivity index (χ0v) is 5.31. The van der Waals surface area contributed by atoms with Crippen LogP contribution in [0.1, 0.15) is 5.76 Å². The molecule has 0 aliphatic carbocycles. The van der Waals surface area contributed by atoms with Gasteiger partial charge in [0.15, 0.2) is 0 Å². The Hall–Kier alpha value is -0.227. The van der Waals surface area contributed by atoms with Crippen LogP contribution in [-0.4, -0.2) is 4.61 Å². The summed E-state index contributed by atoms with van der Waals surface area (Å²) in [7, 11) is 0. The first-order valence-corrected chi connectivity index (χ1v) is 2.89. The molecule has 7 heavy (non-hydrogen) atoms. The average Bonchev–Trinajstić information content (AvgIpc) is 2.14. The van der Waals surface area contributed by atoms with Crippen molar-refractivity contribution in [2.24, 2.45) is 0 Å². The topological polar surface area (TPSA) is 13.1 Å². The van der Waals surface area contributed by atoms with Crippen LogP contribution in [0.5, 0.6) is 0 Å². The Kier molecular flexibility index (Phi) is 1.53. The Morgan fingerprint density at radius 3 is 2.86 bits per heavy atom. The number of furan rings is 1. The fraction of sp³-hybridized carbons (Fsp3) is 0. The first kappa shape index (κ1) is 4.92. The molecule has 2 heteroatoms. The van der Waals surface area contributed by atoms with E-state index in [1.807, 2.05) is 16.7 Å². The van der Waals surface area contributed by atoms with E-state index in [2.05, 4.69) is 17.9 Å². The summed E-state index contributed by atoms with van der Waals surface area (Å²) in [5, 5.41) is 0. The van der Waals surface area contributed by atoms with E-state index in [0.717, 1.165) is 5.76 Å². The molecule has 0 saturated heterocycles. The molecule has 0 fully saturated rings. The number of hydrogen-bond donors (Lipinski definition) is 0. The molecule has 1 rings (SSSR count). The molecule has 38 valence electrons. The van der Waals surface area contributed by atoms with E-state index in [-0.39, 0.29) is 0 Å². The molecule has 1 heterocycles. The number of rotatable bonds is 1. The summed E-state index contributed by atoms with van der Waals surface area (Å²) < 4.78 is 6.76. The van der Waals surface area contributed by atoms with Crippen LogP contribution in [0.15, 0.2) is 22.8 Å². The molecule has 0 N–H and O–H groups in total. The van der Waals surface area contributed by atoms with E-state index < -0.39 is 0 Å². The molecule has 0 radical (unpaired) electrons. The van der Waals surface area contributed by atoms with Crippen molar-refractivity contribution in [1.29, 1.82) is 0 Å². The SMILES string of the molecule is [Ru]=[CH]c1ccco1. The summed E-state index contributed by atoms with van der Waals surface area (Å²) in [5.74, 6) is 0.899. The van der Waals surface area contributed by atoms with Crippen molar-refractivity contribution in [3.63, 3.8) is 0 Å². The van der Waals surface area contributed by atoms with Crippen LogP contribution >= 0.6 is 0 Å². The second kappa shape index (κ2) is 2.18. The summed E-state index contributed by atoms with van der Waals surface area (Å²) in [6.45, 7) is 0. The number of hydrogen-bond acceptors (Lipinski definition) is 1. The first-order chi connectivity index (χ1) is 3.43. The summed E-state index contributed by atoms with van der Waals surface area (Å²) in [6.07, 6.45) is 1.65. The van der Waals surface area contributed by atoms with Crippen molar-refractivity contribution >= 4 is 4.61 Å². The summed E-state index contributed by atoms with van der Waals surface area (Å²) in [6, 6.07) is 3.76.